The minimum absolute atomic E-state index is 0.103. The molecule has 0 amide bonds. The average molecular weight is 211 g/mol. The lowest BCUT2D eigenvalue weighted by molar-refractivity contribution is -0.146. The predicted molar refractivity (Wildman–Crippen MR) is 40.1 cm³/mol. The summed E-state index contributed by atoms with van der Waals surface area (Å²) in [5, 5.41) is 9.27. The fourth-order valence-corrected chi connectivity index (χ4v) is 1.56. The quantitative estimate of drug-likeness (QED) is 0.691. The maximum absolute atomic E-state index is 8.64. The van der Waals surface area contributed by atoms with Gasteiger partial charge in [0, 0.05) is 13.0 Å². The summed E-state index contributed by atoms with van der Waals surface area (Å²) in [5.41, 5.74) is 0. The van der Waals surface area contributed by atoms with E-state index in [2.05, 4.69) is 15.9 Å². The van der Waals surface area contributed by atoms with Gasteiger partial charge in [0.2, 0.25) is 0 Å². The Balaban J connectivity index is 2.41. The molecule has 1 aliphatic heterocycles. The Morgan fingerprint density at radius 1 is 1.40 bits per heavy atom. The van der Waals surface area contributed by atoms with Crippen LogP contribution in [0.5, 0.6) is 0 Å². The lowest BCUT2D eigenvalue weighted by Crippen LogP contribution is -2.33. The summed E-state index contributed by atoms with van der Waals surface area (Å²) in [5.74, 6) is -0.547. The van der Waals surface area contributed by atoms with Crippen molar-refractivity contribution in [1.82, 2.24) is 0 Å². The normalized spacial score (nSPS) is 23.4. The van der Waals surface area contributed by atoms with Crippen molar-refractivity contribution < 1.29 is 14.6 Å². The summed E-state index contributed by atoms with van der Waals surface area (Å²) in [6.07, 6.45) is 0.540. The lowest BCUT2D eigenvalue weighted by Gasteiger charge is -2.23. The molecule has 0 bridgehead atoms. The number of halogens is 1. The third-order valence-electron chi connectivity index (χ3n) is 1.51. The van der Waals surface area contributed by atoms with E-state index in [9.17, 15) is 0 Å². The summed E-state index contributed by atoms with van der Waals surface area (Å²) >= 11 is 3.27. The van der Waals surface area contributed by atoms with Crippen LogP contribution >= 0.6 is 15.9 Å². The van der Waals surface area contributed by atoms with Crippen LogP contribution < -0.4 is 0 Å². The maximum Gasteiger partial charge on any atom is 0.180 e. The molecule has 10 heavy (non-hydrogen) atoms. The summed E-state index contributed by atoms with van der Waals surface area (Å²) in [7, 11) is 0. The van der Waals surface area contributed by atoms with Crippen molar-refractivity contribution in [1.29, 1.82) is 0 Å². The first kappa shape index (κ1) is 8.46. The van der Waals surface area contributed by atoms with Gasteiger partial charge < -0.3 is 14.6 Å². The minimum atomic E-state index is -0.547. The Labute approximate surface area is 68.4 Å². The third kappa shape index (κ3) is 1.69. The zero-order valence-electron chi connectivity index (χ0n) is 5.68. The molecule has 60 valence electrons. The van der Waals surface area contributed by atoms with E-state index in [1.165, 1.54) is 0 Å². The molecule has 0 aromatic carbocycles. The molecule has 0 radical (unpaired) electrons. The minimum Gasteiger partial charge on any atom is -0.396 e. The van der Waals surface area contributed by atoms with Crippen molar-refractivity contribution in [2.24, 2.45) is 0 Å². The predicted octanol–water partition coefficient (Wildman–Crippen LogP) is 0.507. The second kappa shape index (κ2) is 3.67. The number of aliphatic hydroxyl groups is 1. The summed E-state index contributed by atoms with van der Waals surface area (Å²) in [6.45, 7) is 1.36. The van der Waals surface area contributed by atoms with Gasteiger partial charge in [-0.25, -0.2) is 0 Å². The molecule has 0 atom stereocenters. The van der Waals surface area contributed by atoms with Gasteiger partial charge in [-0.15, -0.1) is 0 Å². The fourth-order valence-electron chi connectivity index (χ4n) is 0.956. The van der Waals surface area contributed by atoms with Gasteiger partial charge in [0.1, 0.15) is 0 Å². The highest BCUT2D eigenvalue weighted by atomic mass is 79.9. The highest BCUT2D eigenvalue weighted by molar-refractivity contribution is 9.09. The topological polar surface area (TPSA) is 38.7 Å². The van der Waals surface area contributed by atoms with Crippen molar-refractivity contribution in [2.75, 3.05) is 25.2 Å². The molecule has 0 saturated carbocycles. The van der Waals surface area contributed by atoms with Crippen LogP contribution in [0.1, 0.15) is 6.42 Å². The molecular formula is C6H11BrO3. The Morgan fingerprint density at radius 2 is 2.00 bits per heavy atom. The van der Waals surface area contributed by atoms with Crippen LogP contribution in [0.3, 0.4) is 0 Å². The van der Waals surface area contributed by atoms with E-state index in [-0.39, 0.29) is 6.61 Å². The van der Waals surface area contributed by atoms with Crippen LogP contribution in [0, 0.1) is 0 Å². The highest BCUT2D eigenvalue weighted by Crippen LogP contribution is 2.24. The van der Waals surface area contributed by atoms with E-state index in [4.69, 9.17) is 14.6 Å². The molecule has 0 aliphatic carbocycles. The number of hydrogen-bond donors (Lipinski definition) is 1. The zero-order chi connectivity index (χ0) is 7.45. The molecule has 3 nitrogen and oxygen atoms in total. The summed E-state index contributed by atoms with van der Waals surface area (Å²) in [6, 6.07) is 0. The third-order valence-corrected chi connectivity index (χ3v) is 2.36. The first-order valence-corrected chi connectivity index (χ1v) is 4.40. The van der Waals surface area contributed by atoms with Crippen LogP contribution in [-0.2, 0) is 9.47 Å². The largest absolute Gasteiger partial charge is 0.396 e. The van der Waals surface area contributed by atoms with Crippen molar-refractivity contribution in [3.63, 3.8) is 0 Å². The zero-order valence-corrected chi connectivity index (χ0v) is 7.26. The molecular weight excluding hydrogens is 200 g/mol. The Hall–Kier alpha value is 0.360. The first-order chi connectivity index (χ1) is 4.83. The van der Waals surface area contributed by atoms with Crippen molar-refractivity contribution >= 4 is 15.9 Å². The van der Waals surface area contributed by atoms with E-state index in [0.29, 0.717) is 25.0 Å². The SMILES string of the molecule is OCCC1(CBr)OCCO1. The number of aliphatic hydroxyl groups excluding tert-OH is 1. The van der Waals surface area contributed by atoms with Crippen molar-refractivity contribution in [3.05, 3.63) is 0 Å². The van der Waals surface area contributed by atoms with Gasteiger partial charge in [-0.05, 0) is 0 Å². The summed E-state index contributed by atoms with van der Waals surface area (Å²) in [4.78, 5) is 0. The highest BCUT2D eigenvalue weighted by Gasteiger charge is 2.34. The number of rotatable bonds is 3. The number of alkyl halides is 1. The van der Waals surface area contributed by atoms with E-state index >= 15 is 0 Å². The van der Waals surface area contributed by atoms with Gasteiger partial charge in [-0.2, -0.15) is 0 Å². The first-order valence-electron chi connectivity index (χ1n) is 3.28. The molecule has 1 N–H and O–H groups in total. The van der Waals surface area contributed by atoms with E-state index in [0.717, 1.165) is 0 Å². The van der Waals surface area contributed by atoms with Gasteiger partial charge in [0.15, 0.2) is 5.79 Å². The molecule has 1 saturated heterocycles. The van der Waals surface area contributed by atoms with Crippen molar-refractivity contribution in [2.45, 2.75) is 12.2 Å². The van der Waals surface area contributed by atoms with Gasteiger partial charge in [0.25, 0.3) is 0 Å². The Bertz CT molecular complexity index is 101. The van der Waals surface area contributed by atoms with Crippen molar-refractivity contribution in [3.8, 4) is 0 Å². The molecule has 0 aromatic rings. The molecule has 0 unspecified atom stereocenters. The molecule has 1 rings (SSSR count). The van der Waals surface area contributed by atoms with E-state index < -0.39 is 5.79 Å². The molecule has 0 spiro atoms. The average Bonchev–Trinajstić information content (AvgIpc) is 2.39. The van der Waals surface area contributed by atoms with Gasteiger partial charge in [-0.1, -0.05) is 15.9 Å². The van der Waals surface area contributed by atoms with Gasteiger partial charge >= 0.3 is 0 Å². The fraction of sp³-hybridized carbons (Fsp3) is 1.00. The van der Waals surface area contributed by atoms with Crippen LogP contribution in [0.2, 0.25) is 0 Å². The summed E-state index contributed by atoms with van der Waals surface area (Å²) < 4.78 is 10.6. The molecule has 1 aliphatic rings. The molecule has 1 fully saturated rings. The Kier molecular flexibility index (Phi) is 3.10. The van der Waals surface area contributed by atoms with Crippen LogP contribution in [-0.4, -0.2) is 36.0 Å². The second-order valence-electron chi connectivity index (χ2n) is 2.21. The smallest absolute Gasteiger partial charge is 0.180 e. The van der Waals surface area contributed by atoms with Gasteiger partial charge in [-0.3, -0.25) is 0 Å². The van der Waals surface area contributed by atoms with Gasteiger partial charge in [0.05, 0.1) is 18.5 Å². The van der Waals surface area contributed by atoms with Crippen LogP contribution in [0.15, 0.2) is 0 Å². The lowest BCUT2D eigenvalue weighted by atomic mass is 10.2. The second-order valence-corrected chi connectivity index (χ2v) is 2.78. The Morgan fingerprint density at radius 3 is 2.40 bits per heavy atom. The maximum atomic E-state index is 8.64. The molecule has 1 heterocycles. The monoisotopic (exact) mass is 210 g/mol. The van der Waals surface area contributed by atoms with Crippen LogP contribution in [0.4, 0.5) is 0 Å². The number of ether oxygens (including phenoxy) is 2. The number of hydrogen-bond acceptors (Lipinski definition) is 3. The molecule has 4 heteroatoms. The van der Waals surface area contributed by atoms with E-state index in [1.807, 2.05) is 0 Å². The van der Waals surface area contributed by atoms with E-state index in [1.54, 1.807) is 0 Å². The standard InChI is InChI=1S/C6H11BrO3/c7-5-6(1-2-8)9-3-4-10-6/h8H,1-5H2. The molecule has 0 aromatic heterocycles. The van der Waals surface area contributed by atoms with Crippen LogP contribution in [0.25, 0.3) is 0 Å².